The van der Waals surface area contributed by atoms with Gasteiger partial charge in [0.05, 0.1) is 0 Å². The predicted octanol–water partition coefficient (Wildman–Crippen LogP) is 4.99. The maximum Gasteiger partial charge on any atom is 0.134 e. The van der Waals surface area contributed by atoms with E-state index < -0.39 is 0 Å². The number of hydrogen-bond acceptors (Lipinski definition) is 2. The van der Waals surface area contributed by atoms with Crippen LogP contribution in [-0.2, 0) is 24.1 Å². The first-order valence-corrected chi connectivity index (χ1v) is 8.41. The van der Waals surface area contributed by atoms with E-state index in [-0.39, 0.29) is 5.78 Å². The van der Waals surface area contributed by atoms with Crippen molar-refractivity contribution in [2.24, 2.45) is 0 Å². The molecule has 0 spiro atoms. The number of phenolic OH excluding ortho intramolecular Hbond substituents is 1. The molecule has 0 aliphatic carbocycles. The van der Waals surface area contributed by atoms with Crippen molar-refractivity contribution in [3.63, 3.8) is 0 Å². The Balaban J connectivity index is 2.91. The van der Waals surface area contributed by atoms with Gasteiger partial charge in [0, 0.05) is 12.0 Å². The standard InChI is InChI=1S/C19H30O2/c1-4-6-8-10-16-13-17(11-9-7-5-2)19(21)18(14-16)12-15(3)20/h13-14,21H,4-12H2,1-3H3. The van der Waals surface area contributed by atoms with Crippen LogP contribution in [0, 0.1) is 0 Å². The predicted molar refractivity (Wildman–Crippen MR) is 88.9 cm³/mol. The van der Waals surface area contributed by atoms with Crippen LogP contribution in [0.4, 0.5) is 0 Å². The number of carbonyl (C=O) groups is 1. The van der Waals surface area contributed by atoms with Crippen LogP contribution in [0.3, 0.4) is 0 Å². The Morgan fingerprint density at radius 2 is 1.52 bits per heavy atom. The number of hydrogen-bond donors (Lipinski definition) is 1. The van der Waals surface area contributed by atoms with Gasteiger partial charge in [-0.25, -0.2) is 0 Å². The highest BCUT2D eigenvalue weighted by Gasteiger charge is 2.11. The van der Waals surface area contributed by atoms with E-state index >= 15 is 0 Å². The van der Waals surface area contributed by atoms with Gasteiger partial charge in [-0.15, -0.1) is 0 Å². The van der Waals surface area contributed by atoms with Crippen LogP contribution < -0.4 is 0 Å². The molecule has 118 valence electrons. The summed E-state index contributed by atoms with van der Waals surface area (Å²) in [6, 6.07) is 4.17. The summed E-state index contributed by atoms with van der Waals surface area (Å²) < 4.78 is 0. The minimum absolute atomic E-state index is 0.107. The molecule has 0 aromatic heterocycles. The first-order chi connectivity index (χ1) is 10.1. The van der Waals surface area contributed by atoms with Crippen LogP contribution in [-0.4, -0.2) is 10.9 Å². The first kappa shape index (κ1) is 17.7. The van der Waals surface area contributed by atoms with Crippen molar-refractivity contribution >= 4 is 5.78 Å². The van der Waals surface area contributed by atoms with Crippen molar-refractivity contribution in [3.05, 3.63) is 28.8 Å². The molecular formula is C19H30O2. The highest BCUT2D eigenvalue weighted by atomic mass is 16.3. The zero-order chi connectivity index (χ0) is 15.7. The van der Waals surface area contributed by atoms with Crippen molar-refractivity contribution in [3.8, 4) is 5.75 Å². The Morgan fingerprint density at radius 1 is 0.952 bits per heavy atom. The van der Waals surface area contributed by atoms with E-state index in [0.717, 1.165) is 30.4 Å². The molecule has 0 atom stereocenters. The molecule has 1 aromatic carbocycles. The number of Topliss-reactive ketones (excluding diaryl/α,β-unsaturated/α-hetero) is 1. The number of phenols is 1. The van der Waals surface area contributed by atoms with Crippen LogP contribution in [0.2, 0.25) is 0 Å². The minimum atomic E-state index is 0.107. The van der Waals surface area contributed by atoms with Gasteiger partial charge in [0.25, 0.3) is 0 Å². The van der Waals surface area contributed by atoms with Gasteiger partial charge in [0.2, 0.25) is 0 Å². The molecule has 0 amide bonds. The lowest BCUT2D eigenvalue weighted by atomic mass is 9.95. The zero-order valence-corrected chi connectivity index (χ0v) is 13.9. The second-order valence-corrected chi connectivity index (χ2v) is 6.06. The fourth-order valence-corrected chi connectivity index (χ4v) is 2.71. The van der Waals surface area contributed by atoms with Crippen LogP contribution >= 0.6 is 0 Å². The van der Waals surface area contributed by atoms with Crippen molar-refractivity contribution in [2.75, 3.05) is 0 Å². The third kappa shape index (κ3) is 6.33. The van der Waals surface area contributed by atoms with E-state index in [9.17, 15) is 9.90 Å². The van der Waals surface area contributed by atoms with Crippen molar-refractivity contribution < 1.29 is 9.90 Å². The van der Waals surface area contributed by atoms with Gasteiger partial charge in [-0.2, -0.15) is 0 Å². The van der Waals surface area contributed by atoms with Gasteiger partial charge >= 0.3 is 0 Å². The number of unbranched alkanes of at least 4 members (excludes halogenated alkanes) is 4. The summed E-state index contributed by atoms with van der Waals surface area (Å²) >= 11 is 0. The summed E-state index contributed by atoms with van der Waals surface area (Å²) in [7, 11) is 0. The van der Waals surface area contributed by atoms with E-state index in [4.69, 9.17) is 0 Å². The summed E-state index contributed by atoms with van der Waals surface area (Å²) in [4.78, 5) is 11.4. The maximum atomic E-state index is 11.4. The molecule has 0 aliphatic rings. The minimum Gasteiger partial charge on any atom is -0.507 e. The van der Waals surface area contributed by atoms with Crippen LogP contribution in [0.25, 0.3) is 0 Å². The fraction of sp³-hybridized carbons (Fsp3) is 0.632. The van der Waals surface area contributed by atoms with Crippen LogP contribution in [0.5, 0.6) is 5.75 Å². The molecule has 0 fully saturated rings. The molecule has 1 N–H and O–H groups in total. The van der Waals surface area contributed by atoms with Gasteiger partial charge in [0.1, 0.15) is 11.5 Å². The van der Waals surface area contributed by atoms with Crippen LogP contribution in [0.1, 0.15) is 76.0 Å². The zero-order valence-electron chi connectivity index (χ0n) is 13.9. The largest absolute Gasteiger partial charge is 0.507 e. The Bertz CT molecular complexity index is 449. The molecule has 0 saturated heterocycles. The number of rotatable bonds is 10. The quantitative estimate of drug-likeness (QED) is 0.616. The lowest BCUT2D eigenvalue weighted by Crippen LogP contribution is -2.01. The van der Waals surface area contributed by atoms with Crippen LogP contribution in [0.15, 0.2) is 12.1 Å². The third-order valence-corrected chi connectivity index (χ3v) is 3.89. The topological polar surface area (TPSA) is 37.3 Å². The maximum absolute atomic E-state index is 11.4. The highest BCUT2D eigenvalue weighted by Crippen LogP contribution is 2.28. The number of aryl methyl sites for hydroxylation is 2. The summed E-state index contributed by atoms with van der Waals surface area (Å²) in [5, 5.41) is 10.4. The van der Waals surface area contributed by atoms with E-state index in [1.165, 1.54) is 37.7 Å². The van der Waals surface area contributed by atoms with Gasteiger partial charge < -0.3 is 5.11 Å². The summed E-state index contributed by atoms with van der Waals surface area (Å²) in [6.45, 7) is 5.97. The molecule has 1 aromatic rings. The van der Waals surface area contributed by atoms with E-state index in [1.54, 1.807) is 6.92 Å². The fourth-order valence-electron chi connectivity index (χ4n) is 2.71. The van der Waals surface area contributed by atoms with Crippen molar-refractivity contribution in [1.29, 1.82) is 0 Å². The number of ketones is 1. The Labute approximate surface area is 129 Å². The van der Waals surface area contributed by atoms with E-state index in [0.29, 0.717) is 12.2 Å². The highest BCUT2D eigenvalue weighted by molar-refractivity contribution is 5.79. The second kappa shape index (κ2) is 9.59. The smallest absolute Gasteiger partial charge is 0.134 e. The SMILES string of the molecule is CCCCCc1cc(CCCCC)c(O)c(CC(C)=O)c1. The Morgan fingerprint density at radius 3 is 2.10 bits per heavy atom. The van der Waals surface area contributed by atoms with E-state index in [1.807, 2.05) is 6.07 Å². The lowest BCUT2D eigenvalue weighted by Gasteiger charge is -2.13. The average Bonchev–Trinajstić information content (AvgIpc) is 2.43. The Kier molecular flexibility index (Phi) is 8.11. The summed E-state index contributed by atoms with van der Waals surface area (Å²) in [5.74, 6) is 0.455. The molecule has 0 aliphatic heterocycles. The summed E-state index contributed by atoms with van der Waals surface area (Å²) in [5.41, 5.74) is 3.10. The van der Waals surface area contributed by atoms with Gasteiger partial charge in [-0.05, 0) is 43.7 Å². The monoisotopic (exact) mass is 290 g/mol. The summed E-state index contributed by atoms with van der Waals surface area (Å²) in [6.07, 6.45) is 9.37. The Hall–Kier alpha value is -1.31. The third-order valence-electron chi connectivity index (χ3n) is 3.89. The van der Waals surface area contributed by atoms with Crippen molar-refractivity contribution in [1.82, 2.24) is 0 Å². The molecule has 0 bridgehead atoms. The number of aromatic hydroxyl groups is 1. The normalized spacial score (nSPS) is 10.8. The van der Waals surface area contributed by atoms with Crippen molar-refractivity contribution in [2.45, 2.75) is 78.6 Å². The molecular weight excluding hydrogens is 260 g/mol. The number of benzene rings is 1. The molecule has 1 rings (SSSR count). The number of carbonyl (C=O) groups excluding carboxylic acids is 1. The molecule has 2 nitrogen and oxygen atoms in total. The molecule has 2 heteroatoms. The molecule has 0 radical (unpaired) electrons. The lowest BCUT2D eigenvalue weighted by molar-refractivity contribution is -0.116. The molecule has 21 heavy (non-hydrogen) atoms. The molecule has 0 unspecified atom stereocenters. The van der Waals surface area contributed by atoms with Gasteiger partial charge in [0.15, 0.2) is 0 Å². The van der Waals surface area contributed by atoms with Gasteiger partial charge in [-0.1, -0.05) is 51.7 Å². The van der Waals surface area contributed by atoms with E-state index in [2.05, 4.69) is 19.9 Å². The van der Waals surface area contributed by atoms with Gasteiger partial charge in [-0.3, -0.25) is 4.79 Å². The second-order valence-electron chi connectivity index (χ2n) is 6.06. The first-order valence-electron chi connectivity index (χ1n) is 8.41. The average molecular weight is 290 g/mol. The molecule has 0 saturated carbocycles. The molecule has 0 heterocycles.